The molecule has 2 aromatic carbocycles. The van der Waals surface area contributed by atoms with Crippen LogP contribution in [-0.4, -0.2) is 11.0 Å². The van der Waals surface area contributed by atoms with Gasteiger partial charge in [-0.1, -0.05) is 18.2 Å². The Hall–Kier alpha value is -2.53. The molecule has 0 saturated carbocycles. The quantitative estimate of drug-likeness (QED) is 0.436. The molecule has 0 heterocycles. The molecule has 0 aliphatic carbocycles. The zero-order valence-corrected chi connectivity index (χ0v) is 9.46. The molecule has 0 bridgehead atoms. The van der Waals surface area contributed by atoms with Crippen LogP contribution in [0.5, 0.6) is 17.2 Å². The van der Waals surface area contributed by atoms with Crippen LogP contribution < -0.4 is 16.0 Å². The first-order valence-corrected chi connectivity index (χ1v) is 5.27. The van der Waals surface area contributed by atoms with Crippen LogP contribution in [0.4, 0.5) is 0 Å². The predicted molar refractivity (Wildman–Crippen MR) is 66.3 cm³/mol. The number of para-hydroxylation sites is 1. The van der Waals surface area contributed by atoms with Crippen molar-refractivity contribution in [3.8, 4) is 17.2 Å². The average Bonchev–Trinajstić information content (AvgIpc) is 2.41. The number of hydrogen-bond donors (Lipinski definition) is 3. The lowest BCUT2D eigenvalue weighted by Gasteiger charge is -2.09. The molecule has 2 rings (SSSR count). The molecule has 0 aliphatic rings. The number of aromatic hydroxyl groups is 1. The fourth-order valence-electron chi connectivity index (χ4n) is 1.44. The summed E-state index contributed by atoms with van der Waals surface area (Å²) >= 11 is 0. The molecule has 2 aromatic rings. The third kappa shape index (κ3) is 2.58. The number of ether oxygens (including phenoxy) is 1. The second kappa shape index (κ2) is 5.20. The van der Waals surface area contributed by atoms with Gasteiger partial charge in [-0.05, 0) is 30.3 Å². The fraction of sp³-hybridized carbons (Fsp3) is 0. The van der Waals surface area contributed by atoms with Crippen LogP contribution in [0.3, 0.4) is 0 Å². The maximum Gasteiger partial charge on any atom is 0.265 e. The molecule has 0 fully saturated rings. The summed E-state index contributed by atoms with van der Waals surface area (Å²) in [5, 5.41) is 9.66. The lowest BCUT2D eigenvalue weighted by Crippen LogP contribution is -2.29. The highest BCUT2D eigenvalue weighted by Crippen LogP contribution is 2.31. The summed E-state index contributed by atoms with van der Waals surface area (Å²) in [4.78, 5) is 11.4. The summed E-state index contributed by atoms with van der Waals surface area (Å²) in [6, 6.07) is 13.2. The van der Waals surface area contributed by atoms with Gasteiger partial charge in [-0.3, -0.25) is 10.2 Å². The number of phenols is 1. The molecular weight excluding hydrogens is 232 g/mol. The van der Waals surface area contributed by atoms with E-state index < -0.39 is 5.91 Å². The average molecular weight is 244 g/mol. The molecule has 0 unspecified atom stereocenters. The molecule has 5 nitrogen and oxygen atoms in total. The highest BCUT2D eigenvalue weighted by molar-refractivity contribution is 5.94. The molecule has 5 heteroatoms. The van der Waals surface area contributed by atoms with Gasteiger partial charge in [-0.2, -0.15) is 0 Å². The molecule has 0 aromatic heterocycles. The van der Waals surface area contributed by atoms with E-state index in [1.807, 2.05) is 23.6 Å². The Kier molecular flexibility index (Phi) is 3.45. The van der Waals surface area contributed by atoms with Gasteiger partial charge < -0.3 is 9.84 Å². The van der Waals surface area contributed by atoms with E-state index in [0.717, 1.165) is 0 Å². The highest BCUT2D eigenvalue weighted by Gasteiger charge is 2.09. The van der Waals surface area contributed by atoms with Gasteiger partial charge in [0.25, 0.3) is 5.91 Å². The topological polar surface area (TPSA) is 84.6 Å². The number of rotatable bonds is 3. The maximum atomic E-state index is 11.4. The van der Waals surface area contributed by atoms with Crippen molar-refractivity contribution >= 4 is 5.91 Å². The minimum atomic E-state index is -0.451. The van der Waals surface area contributed by atoms with Crippen molar-refractivity contribution in [1.29, 1.82) is 0 Å². The van der Waals surface area contributed by atoms with E-state index in [9.17, 15) is 9.90 Å². The Morgan fingerprint density at radius 2 is 1.89 bits per heavy atom. The number of hydrogen-bond acceptors (Lipinski definition) is 4. The zero-order valence-electron chi connectivity index (χ0n) is 9.46. The molecule has 4 N–H and O–H groups in total. The standard InChI is InChI=1S/C13H12N2O3/c14-15-13(17)9-6-7-11(16)12(8-9)18-10-4-2-1-3-5-10/h1-8,16H,14H2,(H,15,17). The minimum Gasteiger partial charge on any atom is -0.504 e. The van der Waals surface area contributed by atoms with Gasteiger partial charge in [0, 0.05) is 5.56 Å². The molecule has 0 atom stereocenters. The van der Waals surface area contributed by atoms with E-state index >= 15 is 0 Å². The second-order valence-electron chi connectivity index (χ2n) is 3.57. The Balaban J connectivity index is 2.30. The van der Waals surface area contributed by atoms with Crippen LogP contribution in [-0.2, 0) is 0 Å². The maximum absolute atomic E-state index is 11.4. The van der Waals surface area contributed by atoms with E-state index in [1.165, 1.54) is 18.2 Å². The number of carbonyl (C=O) groups is 1. The number of amides is 1. The molecule has 0 aliphatic heterocycles. The molecule has 0 radical (unpaired) electrons. The number of nitrogens with two attached hydrogens (primary N) is 1. The van der Waals surface area contributed by atoms with Gasteiger partial charge in [-0.15, -0.1) is 0 Å². The summed E-state index contributed by atoms with van der Waals surface area (Å²) in [5.41, 5.74) is 2.32. The van der Waals surface area contributed by atoms with E-state index in [4.69, 9.17) is 10.6 Å². The van der Waals surface area contributed by atoms with E-state index in [2.05, 4.69) is 0 Å². The third-order valence-corrected chi connectivity index (χ3v) is 2.32. The zero-order chi connectivity index (χ0) is 13.0. The van der Waals surface area contributed by atoms with Crippen LogP contribution in [0.15, 0.2) is 48.5 Å². The molecule has 0 saturated heterocycles. The minimum absolute atomic E-state index is 0.0487. The van der Waals surface area contributed by atoms with Gasteiger partial charge in [0.1, 0.15) is 5.75 Å². The van der Waals surface area contributed by atoms with Crippen molar-refractivity contribution in [1.82, 2.24) is 5.43 Å². The molecule has 18 heavy (non-hydrogen) atoms. The van der Waals surface area contributed by atoms with Gasteiger partial charge >= 0.3 is 0 Å². The lowest BCUT2D eigenvalue weighted by atomic mass is 10.2. The number of nitrogen functional groups attached to an aromatic ring is 1. The van der Waals surface area contributed by atoms with Gasteiger partial charge in [0.05, 0.1) is 0 Å². The van der Waals surface area contributed by atoms with Crippen molar-refractivity contribution in [3.63, 3.8) is 0 Å². The Morgan fingerprint density at radius 3 is 2.56 bits per heavy atom. The summed E-state index contributed by atoms with van der Waals surface area (Å²) < 4.78 is 5.47. The first kappa shape index (κ1) is 11.9. The Labute approximate surface area is 104 Å². The first-order chi connectivity index (χ1) is 8.70. The summed E-state index contributed by atoms with van der Waals surface area (Å²) in [7, 11) is 0. The smallest absolute Gasteiger partial charge is 0.265 e. The van der Waals surface area contributed by atoms with E-state index in [-0.39, 0.29) is 11.5 Å². The summed E-state index contributed by atoms with van der Waals surface area (Å²) in [6.07, 6.45) is 0. The van der Waals surface area contributed by atoms with Crippen LogP contribution in [0, 0.1) is 0 Å². The molecule has 1 amide bonds. The van der Waals surface area contributed by atoms with Gasteiger partial charge in [0.15, 0.2) is 11.5 Å². The number of hydrazine groups is 1. The molecular formula is C13H12N2O3. The van der Waals surface area contributed by atoms with Crippen molar-refractivity contribution < 1.29 is 14.6 Å². The van der Waals surface area contributed by atoms with Crippen molar-refractivity contribution in [2.45, 2.75) is 0 Å². The largest absolute Gasteiger partial charge is 0.504 e. The Morgan fingerprint density at radius 1 is 1.17 bits per heavy atom. The number of carbonyl (C=O) groups excluding carboxylic acids is 1. The lowest BCUT2D eigenvalue weighted by molar-refractivity contribution is 0.0953. The third-order valence-electron chi connectivity index (χ3n) is 2.32. The first-order valence-electron chi connectivity index (χ1n) is 5.27. The summed E-state index contributed by atoms with van der Waals surface area (Å²) in [6.45, 7) is 0. The molecule has 0 spiro atoms. The monoisotopic (exact) mass is 244 g/mol. The normalized spacial score (nSPS) is 9.83. The second-order valence-corrected chi connectivity index (χ2v) is 3.57. The van der Waals surface area contributed by atoms with Crippen LogP contribution in [0.1, 0.15) is 10.4 Å². The molecule has 92 valence electrons. The fourth-order valence-corrected chi connectivity index (χ4v) is 1.44. The van der Waals surface area contributed by atoms with Crippen LogP contribution in [0.25, 0.3) is 0 Å². The Bertz CT molecular complexity index is 555. The number of phenolic OH excluding ortho intramolecular Hbond substituents is 1. The van der Waals surface area contributed by atoms with E-state index in [1.54, 1.807) is 12.1 Å². The van der Waals surface area contributed by atoms with Crippen molar-refractivity contribution in [3.05, 3.63) is 54.1 Å². The SMILES string of the molecule is NNC(=O)c1ccc(O)c(Oc2ccccc2)c1. The summed E-state index contributed by atoms with van der Waals surface area (Å²) in [5.74, 6) is 5.31. The number of benzene rings is 2. The predicted octanol–water partition coefficient (Wildman–Crippen LogP) is 1.79. The van der Waals surface area contributed by atoms with E-state index in [0.29, 0.717) is 11.3 Å². The van der Waals surface area contributed by atoms with Crippen molar-refractivity contribution in [2.75, 3.05) is 0 Å². The number of nitrogens with one attached hydrogen (secondary N) is 1. The highest BCUT2D eigenvalue weighted by atomic mass is 16.5. The van der Waals surface area contributed by atoms with Gasteiger partial charge in [-0.25, -0.2) is 5.84 Å². The van der Waals surface area contributed by atoms with Crippen LogP contribution in [0.2, 0.25) is 0 Å². The van der Waals surface area contributed by atoms with Crippen molar-refractivity contribution in [2.24, 2.45) is 5.84 Å². The van der Waals surface area contributed by atoms with Gasteiger partial charge in [0.2, 0.25) is 0 Å². The van der Waals surface area contributed by atoms with Crippen LogP contribution >= 0.6 is 0 Å².